The van der Waals surface area contributed by atoms with Crippen LogP contribution in [0.1, 0.15) is 5.56 Å². The Kier molecular flexibility index (Phi) is 5.91. The third-order valence-electron chi connectivity index (χ3n) is 4.72. The van der Waals surface area contributed by atoms with Crippen LogP contribution in [0.25, 0.3) is 16.9 Å². The second kappa shape index (κ2) is 8.93. The maximum Gasteiger partial charge on any atom is 0.164 e. The van der Waals surface area contributed by atoms with Crippen LogP contribution in [0.15, 0.2) is 79.0 Å². The standard InChI is InChI=1S/C24H21ClN2O3/c1-28-22-15-23(29-2)24(30-16-17-8-4-3-5-9-17)14-18(22)20-12-13-26-27(20)21-11-7-6-10-19(21)25/h3-15H,16H2,1-2H3. The van der Waals surface area contributed by atoms with Crippen molar-refractivity contribution >= 4 is 11.6 Å². The fourth-order valence-electron chi connectivity index (χ4n) is 3.24. The molecule has 5 nitrogen and oxygen atoms in total. The van der Waals surface area contributed by atoms with E-state index in [-0.39, 0.29) is 0 Å². The predicted octanol–water partition coefficient (Wildman–Crippen LogP) is 5.79. The molecular weight excluding hydrogens is 400 g/mol. The van der Waals surface area contributed by atoms with E-state index >= 15 is 0 Å². The lowest BCUT2D eigenvalue weighted by molar-refractivity contribution is 0.283. The van der Waals surface area contributed by atoms with Gasteiger partial charge in [-0.05, 0) is 29.8 Å². The Morgan fingerprint density at radius 1 is 0.833 bits per heavy atom. The molecule has 0 unspecified atom stereocenters. The molecule has 0 atom stereocenters. The Hall–Kier alpha value is -3.44. The molecular formula is C24H21ClN2O3. The highest BCUT2D eigenvalue weighted by molar-refractivity contribution is 6.32. The lowest BCUT2D eigenvalue weighted by Gasteiger charge is -2.17. The lowest BCUT2D eigenvalue weighted by atomic mass is 10.1. The summed E-state index contributed by atoms with van der Waals surface area (Å²) in [6, 6.07) is 23.2. The zero-order valence-electron chi connectivity index (χ0n) is 16.7. The van der Waals surface area contributed by atoms with Gasteiger partial charge in [0.15, 0.2) is 11.5 Å². The number of halogens is 1. The van der Waals surface area contributed by atoms with Gasteiger partial charge in [0.2, 0.25) is 0 Å². The quantitative estimate of drug-likeness (QED) is 0.379. The molecule has 0 aliphatic heterocycles. The SMILES string of the molecule is COc1cc(OC)c(-c2ccnn2-c2ccccc2Cl)cc1OCc1ccccc1. The van der Waals surface area contributed by atoms with Gasteiger partial charge in [-0.25, -0.2) is 4.68 Å². The molecule has 6 heteroatoms. The lowest BCUT2D eigenvalue weighted by Crippen LogP contribution is -2.03. The van der Waals surface area contributed by atoms with Gasteiger partial charge < -0.3 is 14.2 Å². The summed E-state index contributed by atoms with van der Waals surface area (Å²) in [7, 11) is 3.23. The highest BCUT2D eigenvalue weighted by Gasteiger charge is 2.18. The first kappa shape index (κ1) is 19.9. The number of ether oxygens (including phenoxy) is 3. The van der Waals surface area contributed by atoms with E-state index in [2.05, 4.69) is 5.10 Å². The van der Waals surface area contributed by atoms with Gasteiger partial charge in [-0.15, -0.1) is 0 Å². The smallest absolute Gasteiger partial charge is 0.164 e. The summed E-state index contributed by atoms with van der Waals surface area (Å²) in [5.74, 6) is 1.85. The fourth-order valence-corrected chi connectivity index (χ4v) is 3.46. The van der Waals surface area contributed by atoms with E-state index in [1.165, 1.54) is 0 Å². The second-order valence-electron chi connectivity index (χ2n) is 6.56. The number of hydrogen-bond acceptors (Lipinski definition) is 4. The third kappa shape index (κ3) is 3.98. The molecule has 0 amide bonds. The molecule has 3 aromatic carbocycles. The molecule has 152 valence electrons. The molecule has 0 aliphatic rings. The van der Waals surface area contributed by atoms with Crippen molar-refractivity contribution in [3.63, 3.8) is 0 Å². The summed E-state index contributed by atoms with van der Waals surface area (Å²) in [5, 5.41) is 5.08. The van der Waals surface area contributed by atoms with Crippen molar-refractivity contribution in [3.05, 3.63) is 89.6 Å². The van der Waals surface area contributed by atoms with Crippen molar-refractivity contribution < 1.29 is 14.2 Å². The van der Waals surface area contributed by atoms with Crippen LogP contribution in [0.2, 0.25) is 5.02 Å². The molecule has 0 aliphatic carbocycles. The van der Waals surface area contributed by atoms with E-state index in [0.29, 0.717) is 28.9 Å². The Labute approximate surface area is 180 Å². The maximum absolute atomic E-state index is 6.41. The summed E-state index contributed by atoms with van der Waals surface area (Å²) < 4.78 is 19.0. The van der Waals surface area contributed by atoms with Crippen LogP contribution in [-0.2, 0) is 6.61 Å². The Morgan fingerprint density at radius 2 is 1.57 bits per heavy atom. The first-order chi connectivity index (χ1) is 14.7. The number of aromatic nitrogens is 2. The largest absolute Gasteiger partial charge is 0.496 e. The van der Waals surface area contributed by atoms with Gasteiger partial charge in [0.25, 0.3) is 0 Å². The molecule has 4 rings (SSSR count). The van der Waals surface area contributed by atoms with Crippen molar-refractivity contribution in [1.82, 2.24) is 9.78 Å². The van der Waals surface area contributed by atoms with Crippen molar-refractivity contribution in [3.8, 4) is 34.2 Å². The first-order valence-corrected chi connectivity index (χ1v) is 9.81. The van der Waals surface area contributed by atoms with Gasteiger partial charge >= 0.3 is 0 Å². The highest BCUT2D eigenvalue weighted by atomic mass is 35.5. The average molecular weight is 421 g/mol. The molecule has 30 heavy (non-hydrogen) atoms. The maximum atomic E-state index is 6.41. The van der Waals surface area contributed by atoms with E-state index < -0.39 is 0 Å². The van der Waals surface area contributed by atoms with Crippen LogP contribution < -0.4 is 14.2 Å². The number of rotatable bonds is 7. The van der Waals surface area contributed by atoms with E-state index in [9.17, 15) is 0 Å². The Morgan fingerprint density at radius 3 is 2.30 bits per heavy atom. The van der Waals surface area contributed by atoms with Gasteiger partial charge in [0.1, 0.15) is 12.4 Å². The van der Waals surface area contributed by atoms with Gasteiger partial charge in [0.05, 0.1) is 36.8 Å². The van der Waals surface area contributed by atoms with Crippen LogP contribution in [0.5, 0.6) is 17.2 Å². The van der Waals surface area contributed by atoms with Gasteiger partial charge in [-0.3, -0.25) is 0 Å². The normalized spacial score (nSPS) is 10.6. The van der Waals surface area contributed by atoms with Crippen LogP contribution in [0.4, 0.5) is 0 Å². The van der Waals surface area contributed by atoms with Gasteiger partial charge in [-0.1, -0.05) is 54.1 Å². The molecule has 0 saturated carbocycles. The van der Waals surface area contributed by atoms with Crippen molar-refractivity contribution in [2.75, 3.05) is 14.2 Å². The van der Waals surface area contributed by atoms with Crippen molar-refractivity contribution in [1.29, 1.82) is 0 Å². The summed E-state index contributed by atoms with van der Waals surface area (Å²) in [4.78, 5) is 0. The van der Waals surface area contributed by atoms with Crippen LogP contribution >= 0.6 is 11.6 Å². The Bertz CT molecular complexity index is 1140. The molecule has 0 bridgehead atoms. The van der Waals surface area contributed by atoms with E-state index in [1.807, 2.05) is 72.8 Å². The summed E-state index contributed by atoms with van der Waals surface area (Å²) in [5.41, 5.74) is 3.49. The van der Waals surface area contributed by atoms with Crippen LogP contribution in [0.3, 0.4) is 0 Å². The monoisotopic (exact) mass is 420 g/mol. The zero-order valence-corrected chi connectivity index (χ0v) is 17.5. The molecule has 1 heterocycles. The second-order valence-corrected chi connectivity index (χ2v) is 6.96. The van der Waals surface area contributed by atoms with E-state index in [0.717, 1.165) is 22.5 Å². The Balaban J connectivity index is 1.77. The number of methoxy groups -OCH3 is 2. The number of hydrogen-bond donors (Lipinski definition) is 0. The minimum absolute atomic E-state index is 0.423. The molecule has 1 aromatic heterocycles. The van der Waals surface area contributed by atoms with Crippen molar-refractivity contribution in [2.45, 2.75) is 6.61 Å². The average Bonchev–Trinajstić information content (AvgIpc) is 3.27. The predicted molar refractivity (Wildman–Crippen MR) is 118 cm³/mol. The minimum atomic E-state index is 0.423. The fraction of sp³-hybridized carbons (Fsp3) is 0.125. The summed E-state index contributed by atoms with van der Waals surface area (Å²) >= 11 is 6.41. The molecule has 4 aromatic rings. The molecule has 0 spiro atoms. The first-order valence-electron chi connectivity index (χ1n) is 9.43. The van der Waals surface area contributed by atoms with E-state index in [4.69, 9.17) is 25.8 Å². The summed E-state index contributed by atoms with van der Waals surface area (Å²) in [6.07, 6.45) is 1.73. The highest BCUT2D eigenvalue weighted by Crippen LogP contribution is 2.41. The molecule has 0 saturated heterocycles. The number of benzene rings is 3. The molecule has 0 fully saturated rings. The molecule has 0 radical (unpaired) electrons. The number of para-hydroxylation sites is 1. The zero-order chi connectivity index (χ0) is 20.9. The van der Waals surface area contributed by atoms with Gasteiger partial charge in [-0.2, -0.15) is 5.10 Å². The van der Waals surface area contributed by atoms with E-state index in [1.54, 1.807) is 25.1 Å². The van der Waals surface area contributed by atoms with Crippen LogP contribution in [0, 0.1) is 0 Å². The topological polar surface area (TPSA) is 45.5 Å². The van der Waals surface area contributed by atoms with Crippen LogP contribution in [-0.4, -0.2) is 24.0 Å². The summed E-state index contributed by atoms with van der Waals surface area (Å²) in [6.45, 7) is 0.423. The van der Waals surface area contributed by atoms with Gasteiger partial charge in [0, 0.05) is 11.6 Å². The third-order valence-corrected chi connectivity index (χ3v) is 5.04. The number of nitrogens with zero attached hydrogens (tertiary/aromatic N) is 2. The van der Waals surface area contributed by atoms with Crippen molar-refractivity contribution in [2.24, 2.45) is 0 Å². The minimum Gasteiger partial charge on any atom is -0.496 e. The molecule has 0 N–H and O–H groups in total.